The van der Waals surface area contributed by atoms with Gasteiger partial charge in [-0.25, -0.2) is 0 Å². The zero-order valence-corrected chi connectivity index (χ0v) is 13.9. The van der Waals surface area contributed by atoms with Gasteiger partial charge in [0.2, 0.25) is 0 Å². The van der Waals surface area contributed by atoms with Crippen molar-refractivity contribution in [2.24, 2.45) is 11.1 Å². The van der Waals surface area contributed by atoms with Crippen molar-refractivity contribution in [2.45, 2.75) is 51.6 Å². The second-order valence-electron chi connectivity index (χ2n) is 6.78. The lowest BCUT2D eigenvalue weighted by Crippen LogP contribution is -2.58. The van der Waals surface area contributed by atoms with Crippen molar-refractivity contribution in [1.82, 2.24) is 4.90 Å². The molecule has 1 aromatic carbocycles. The second kappa shape index (κ2) is 5.67. The van der Waals surface area contributed by atoms with Crippen LogP contribution in [0.3, 0.4) is 0 Å². The maximum absolute atomic E-state index is 6.37. The number of nitrogens with zero attached hydrogens (tertiary/aromatic N) is 1. The fourth-order valence-corrected chi connectivity index (χ4v) is 4.26. The molecule has 1 aliphatic carbocycles. The molecule has 2 N–H and O–H groups in total. The third kappa shape index (κ3) is 2.38. The van der Waals surface area contributed by atoms with E-state index in [1.54, 1.807) is 0 Å². The first-order valence-corrected chi connectivity index (χ1v) is 7.91. The van der Waals surface area contributed by atoms with Crippen LogP contribution in [-0.2, 0) is 0 Å². The van der Waals surface area contributed by atoms with Crippen LogP contribution in [-0.4, -0.2) is 24.0 Å². The predicted octanol–water partition coefficient (Wildman–Crippen LogP) is 4.24. The van der Waals surface area contributed by atoms with Crippen LogP contribution in [0.5, 0.6) is 0 Å². The summed E-state index contributed by atoms with van der Waals surface area (Å²) in [5.74, 6) is 0. The van der Waals surface area contributed by atoms with Crippen molar-refractivity contribution in [2.75, 3.05) is 13.6 Å². The first-order chi connectivity index (χ1) is 9.35. The molecule has 1 aromatic rings. The molecule has 112 valence electrons. The molecule has 20 heavy (non-hydrogen) atoms. The summed E-state index contributed by atoms with van der Waals surface area (Å²) in [6.45, 7) is 7.63. The highest BCUT2D eigenvalue weighted by Crippen LogP contribution is 2.51. The number of halogens is 1. The topological polar surface area (TPSA) is 29.3 Å². The summed E-state index contributed by atoms with van der Waals surface area (Å²) in [5, 5.41) is 0.842. The molecule has 2 unspecified atom stereocenters. The van der Waals surface area contributed by atoms with E-state index >= 15 is 0 Å². The molecule has 0 bridgehead atoms. The fourth-order valence-electron chi connectivity index (χ4n) is 3.96. The lowest BCUT2D eigenvalue weighted by molar-refractivity contribution is 0.00596. The van der Waals surface area contributed by atoms with Crippen molar-refractivity contribution < 1.29 is 0 Å². The minimum atomic E-state index is 0.0611. The summed E-state index contributed by atoms with van der Waals surface area (Å²) in [7, 11) is 2.20. The van der Waals surface area contributed by atoms with E-state index in [0.29, 0.717) is 6.54 Å². The molecule has 0 heterocycles. The summed E-state index contributed by atoms with van der Waals surface area (Å²) in [6, 6.07) is 8.40. The third-order valence-corrected chi connectivity index (χ3v) is 5.95. The Kier molecular flexibility index (Phi) is 4.48. The zero-order valence-electron chi connectivity index (χ0n) is 13.1. The summed E-state index contributed by atoms with van der Waals surface area (Å²) < 4.78 is 0. The molecule has 0 amide bonds. The van der Waals surface area contributed by atoms with Gasteiger partial charge in [-0.3, -0.25) is 4.90 Å². The fraction of sp³-hybridized carbons (Fsp3) is 0.647. The van der Waals surface area contributed by atoms with Gasteiger partial charge in [-0.2, -0.15) is 0 Å². The summed E-state index contributed by atoms with van der Waals surface area (Å²) in [6.07, 6.45) is 3.66. The van der Waals surface area contributed by atoms with Crippen LogP contribution in [0, 0.1) is 5.41 Å². The maximum atomic E-state index is 6.37. The van der Waals surface area contributed by atoms with Crippen molar-refractivity contribution in [3.05, 3.63) is 34.9 Å². The van der Waals surface area contributed by atoms with Gasteiger partial charge in [0, 0.05) is 23.1 Å². The molecule has 0 radical (unpaired) electrons. The van der Waals surface area contributed by atoms with Gasteiger partial charge in [0.15, 0.2) is 0 Å². The Hall–Kier alpha value is -0.570. The van der Waals surface area contributed by atoms with Crippen molar-refractivity contribution in [1.29, 1.82) is 0 Å². The molecule has 2 atom stereocenters. The van der Waals surface area contributed by atoms with Gasteiger partial charge >= 0.3 is 0 Å². The molecule has 2 nitrogen and oxygen atoms in total. The standard InChI is InChI=1S/C17H27ClN2/c1-13(14-8-5-6-9-15(14)18)20(4)17(12-19)11-7-10-16(17,2)3/h5-6,8-9,13H,7,10-12,19H2,1-4H3. The van der Waals surface area contributed by atoms with E-state index in [9.17, 15) is 0 Å². The predicted molar refractivity (Wildman–Crippen MR) is 87.0 cm³/mol. The Morgan fingerprint density at radius 3 is 2.45 bits per heavy atom. The number of hydrogen-bond acceptors (Lipinski definition) is 2. The lowest BCUT2D eigenvalue weighted by Gasteiger charge is -2.50. The van der Waals surface area contributed by atoms with E-state index in [0.717, 1.165) is 5.02 Å². The van der Waals surface area contributed by atoms with E-state index in [1.807, 2.05) is 12.1 Å². The van der Waals surface area contributed by atoms with Gasteiger partial charge in [-0.05, 0) is 43.9 Å². The Bertz CT molecular complexity index is 472. The molecule has 0 aliphatic heterocycles. The van der Waals surface area contributed by atoms with Crippen LogP contribution in [0.4, 0.5) is 0 Å². The quantitative estimate of drug-likeness (QED) is 0.900. The van der Waals surface area contributed by atoms with E-state index in [-0.39, 0.29) is 17.0 Å². The first-order valence-electron chi connectivity index (χ1n) is 7.53. The second-order valence-corrected chi connectivity index (χ2v) is 7.19. The molecule has 1 fully saturated rings. The highest BCUT2D eigenvalue weighted by Gasteiger charge is 2.51. The Balaban J connectivity index is 2.35. The number of likely N-dealkylation sites (N-methyl/N-ethyl adjacent to an activating group) is 1. The number of hydrogen-bond donors (Lipinski definition) is 1. The molecular weight excluding hydrogens is 268 g/mol. The Morgan fingerprint density at radius 1 is 1.30 bits per heavy atom. The van der Waals surface area contributed by atoms with Crippen LogP contribution in [0.1, 0.15) is 51.6 Å². The van der Waals surface area contributed by atoms with Crippen molar-refractivity contribution in [3.63, 3.8) is 0 Å². The molecule has 2 rings (SSSR count). The maximum Gasteiger partial charge on any atom is 0.0453 e. The van der Waals surface area contributed by atoms with Crippen molar-refractivity contribution in [3.8, 4) is 0 Å². The normalized spacial score (nSPS) is 26.9. The Labute approximate surface area is 128 Å². The summed E-state index contributed by atoms with van der Waals surface area (Å²) in [5.41, 5.74) is 7.72. The molecule has 1 aliphatic rings. The van der Waals surface area contributed by atoms with Gasteiger partial charge in [0.25, 0.3) is 0 Å². The number of rotatable bonds is 4. The minimum absolute atomic E-state index is 0.0611. The van der Waals surface area contributed by atoms with E-state index in [2.05, 4.69) is 44.9 Å². The van der Waals surface area contributed by atoms with Gasteiger partial charge in [-0.1, -0.05) is 50.1 Å². The minimum Gasteiger partial charge on any atom is -0.329 e. The molecule has 0 spiro atoms. The highest BCUT2D eigenvalue weighted by molar-refractivity contribution is 6.31. The summed E-state index contributed by atoms with van der Waals surface area (Å²) in [4.78, 5) is 2.46. The van der Waals surface area contributed by atoms with E-state index in [1.165, 1.54) is 24.8 Å². The van der Waals surface area contributed by atoms with Crippen LogP contribution >= 0.6 is 11.6 Å². The van der Waals surface area contributed by atoms with Crippen LogP contribution < -0.4 is 5.73 Å². The van der Waals surface area contributed by atoms with E-state index in [4.69, 9.17) is 17.3 Å². The third-order valence-electron chi connectivity index (χ3n) is 5.60. The molecule has 1 saturated carbocycles. The van der Waals surface area contributed by atoms with E-state index < -0.39 is 0 Å². The molecule has 3 heteroatoms. The number of benzene rings is 1. The SMILES string of the molecule is CC(c1ccccc1Cl)N(C)C1(CN)CCCC1(C)C. The molecule has 0 aromatic heterocycles. The first kappa shape index (κ1) is 15.8. The van der Waals surface area contributed by atoms with Gasteiger partial charge in [0.1, 0.15) is 0 Å². The van der Waals surface area contributed by atoms with Gasteiger partial charge in [-0.15, -0.1) is 0 Å². The van der Waals surface area contributed by atoms with Gasteiger partial charge < -0.3 is 5.73 Å². The molecule has 0 saturated heterocycles. The monoisotopic (exact) mass is 294 g/mol. The van der Waals surface area contributed by atoms with Crippen LogP contribution in [0.25, 0.3) is 0 Å². The number of nitrogens with two attached hydrogens (primary N) is 1. The van der Waals surface area contributed by atoms with Crippen LogP contribution in [0.15, 0.2) is 24.3 Å². The summed E-state index contributed by atoms with van der Waals surface area (Å²) >= 11 is 6.37. The van der Waals surface area contributed by atoms with Gasteiger partial charge in [0.05, 0.1) is 0 Å². The van der Waals surface area contributed by atoms with Crippen LogP contribution in [0.2, 0.25) is 5.02 Å². The average molecular weight is 295 g/mol. The lowest BCUT2D eigenvalue weighted by atomic mass is 9.73. The smallest absolute Gasteiger partial charge is 0.0453 e. The average Bonchev–Trinajstić information content (AvgIpc) is 2.73. The highest BCUT2D eigenvalue weighted by atomic mass is 35.5. The Morgan fingerprint density at radius 2 is 1.95 bits per heavy atom. The largest absolute Gasteiger partial charge is 0.329 e. The molecular formula is C17H27ClN2. The van der Waals surface area contributed by atoms with Crippen molar-refractivity contribution >= 4 is 11.6 Å². The zero-order chi connectivity index (χ0) is 15.0.